The van der Waals surface area contributed by atoms with E-state index < -0.39 is 16.5 Å². The largest absolute Gasteiger partial charge is 0.745 e. The Morgan fingerprint density at radius 1 is 1.12 bits per heavy atom. The van der Waals surface area contributed by atoms with Crippen molar-refractivity contribution in [3.05, 3.63) is 0 Å². The topological polar surface area (TPSA) is 83.8 Å². The van der Waals surface area contributed by atoms with Gasteiger partial charge in [0, 0.05) is 9.13 Å². The minimum atomic E-state index is -2.92. The predicted molar refractivity (Wildman–Crippen MR) is 28.0 cm³/mol. The number of hydrogen-bond acceptors (Lipinski definition) is 3. The van der Waals surface area contributed by atoms with E-state index in [4.69, 9.17) is 9.79 Å². The summed E-state index contributed by atoms with van der Waals surface area (Å²) in [5.41, 5.74) is 0. The van der Waals surface area contributed by atoms with E-state index in [-0.39, 0.29) is 12.4 Å². The first kappa shape index (κ1) is 11.2. The molecular weight excluding hydrogens is 177 g/mol. The van der Waals surface area contributed by atoms with Crippen LogP contribution in [-0.4, -0.2) is 9.79 Å². The standard InChI is InChI=1S/ClH.O5P2/c;1-6(2)5-7(3)4/h1H;/p+2. The van der Waals surface area contributed by atoms with E-state index in [0.29, 0.717) is 0 Å². The van der Waals surface area contributed by atoms with Crippen LogP contribution in [0.15, 0.2) is 0 Å². The van der Waals surface area contributed by atoms with Crippen molar-refractivity contribution in [2.24, 2.45) is 0 Å². The van der Waals surface area contributed by atoms with Gasteiger partial charge in [0.15, 0.2) is 4.31 Å². The average molecular weight is 180 g/mol. The molecule has 0 saturated carbocycles. The molecule has 0 aliphatic heterocycles. The highest BCUT2D eigenvalue weighted by molar-refractivity contribution is 7.46. The van der Waals surface area contributed by atoms with E-state index in [1.807, 2.05) is 0 Å². The lowest BCUT2D eigenvalue weighted by molar-refractivity contribution is 0.371. The van der Waals surface area contributed by atoms with Gasteiger partial charge in [0.05, 0.1) is 0 Å². The first-order valence-corrected chi connectivity index (χ1v) is 3.39. The van der Waals surface area contributed by atoms with Crippen molar-refractivity contribution in [3.8, 4) is 0 Å². The molecule has 2 atom stereocenters. The molecule has 0 aromatic carbocycles. The molecule has 2 N–H and O–H groups in total. The summed E-state index contributed by atoms with van der Waals surface area (Å²) in [5, 5.41) is 0. The molecule has 2 unspecified atom stereocenters. The van der Waals surface area contributed by atoms with Gasteiger partial charge in [-0.1, -0.05) is 0 Å². The average Bonchev–Trinajstić information content (AvgIpc) is 1.27. The molecule has 0 heterocycles. The van der Waals surface area contributed by atoms with Gasteiger partial charge >= 0.3 is 16.5 Å². The molecule has 0 rings (SSSR count). The van der Waals surface area contributed by atoms with Crippen LogP contribution in [0, 0.1) is 0 Å². The van der Waals surface area contributed by atoms with Gasteiger partial charge < -0.3 is 0 Å². The normalized spacial score (nSPS) is 11.8. The van der Waals surface area contributed by atoms with Crippen molar-refractivity contribution in [2.45, 2.75) is 0 Å². The van der Waals surface area contributed by atoms with Crippen molar-refractivity contribution >= 4 is 28.9 Å². The smallest absolute Gasteiger partial charge is 0.147 e. The molecule has 0 aromatic rings. The second-order valence-corrected chi connectivity index (χ2v) is 2.16. The first-order chi connectivity index (χ1) is 3.13. The Morgan fingerprint density at radius 2 is 1.38 bits per heavy atom. The summed E-state index contributed by atoms with van der Waals surface area (Å²) in [6, 6.07) is 0. The summed E-state index contributed by atoms with van der Waals surface area (Å²) in [4.78, 5) is 15.3. The highest BCUT2D eigenvalue weighted by Gasteiger charge is 2.31. The second-order valence-electron chi connectivity index (χ2n) is 0.557. The quantitative estimate of drug-likeness (QED) is 0.612. The Balaban J connectivity index is 0. The fourth-order valence-corrected chi connectivity index (χ4v) is 0.538. The van der Waals surface area contributed by atoms with Crippen molar-refractivity contribution in [2.75, 3.05) is 0 Å². The molecule has 0 radical (unpaired) electrons. The SMILES string of the molecule is Cl.O=[P+](O)O[P+](=O)O. The number of hydrogen-bond donors (Lipinski definition) is 2. The van der Waals surface area contributed by atoms with E-state index in [1.54, 1.807) is 0 Å². The third-order valence-electron chi connectivity index (χ3n) is 0.140. The maximum Gasteiger partial charge on any atom is 0.745 e. The van der Waals surface area contributed by atoms with E-state index in [0.717, 1.165) is 0 Å². The van der Waals surface area contributed by atoms with Crippen LogP contribution >= 0.6 is 28.9 Å². The van der Waals surface area contributed by atoms with Gasteiger partial charge in [-0.3, -0.25) is 0 Å². The minimum Gasteiger partial charge on any atom is -0.147 e. The molecule has 8 heteroatoms. The summed E-state index contributed by atoms with van der Waals surface area (Å²) in [7, 11) is -5.85. The summed E-state index contributed by atoms with van der Waals surface area (Å²) < 4.78 is 22.2. The van der Waals surface area contributed by atoms with Crippen LogP contribution in [-0.2, 0) is 13.4 Å². The van der Waals surface area contributed by atoms with Crippen LogP contribution in [0.2, 0.25) is 0 Å². The van der Waals surface area contributed by atoms with Gasteiger partial charge in [-0.05, 0) is 0 Å². The van der Waals surface area contributed by atoms with E-state index >= 15 is 0 Å². The Hall–Kier alpha value is 0.370. The number of halogens is 1. The van der Waals surface area contributed by atoms with Crippen molar-refractivity contribution < 1.29 is 23.2 Å². The summed E-state index contributed by atoms with van der Waals surface area (Å²) in [6.07, 6.45) is 0. The van der Waals surface area contributed by atoms with Gasteiger partial charge in [0.1, 0.15) is 0 Å². The molecule has 5 nitrogen and oxygen atoms in total. The molecule has 0 bridgehead atoms. The second kappa shape index (κ2) is 5.51. The van der Waals surface area contributed by atoms with Crippen LogP contribution in [0.4, 0.5) is 0 Å². The number of rotatable bonds is 2. The molecule has 0 spiro atoms. The maximum atomic E-state index is 9.39. The lowest BCUT2D eigenvalue weighted by Gasteiger charge is -1.50. The molecular formula is H3ClO5P2+2. The van der Waals surface area contributed by atoms with Crippen molar-refractivity contribution in [3.63, 3.8) is 0 Å². The molecule has 0 amide bonds. The van der Waals surface area contributed by atoms with Gasteiger partial charge in [-0.25, -0.2) is 0 Å². The van der Waals surface area contributed by atoms with Crippen LogP contribution < -0.4 is 0 Å². The lowest BCUT2D eigenvalue weighted by atomic mass is 15.8. The molecule has 0 aliphatic carbocycles. The summed E-state index contributed by atoms with van der Waals surface area (Å²) in [6.45, 7) is 0. The fourth-order valence-electron chi connectivity index (χ4n) is 0.0598. The zero-order chi connectivity index (χ0) is 5.86. The molecule has 0 saturated heterocycles. The van der Waals surface area contributed by atoms with Crippen LogP contribution in [0.3, 0.4) is 0 Å². The van der Waals surface area contributed by atoms with Crippen molar-refractivity contribution in [1.82, 2.24) is 0 Å². The predicted octanol–water partition coefficient (Wildman–Crippen LogP) is 0.724. The fraction of sp³-hybridized carbons (Fsp3) is 0. The van der Waals surface area contributed by atoms with Crippen molar-refractivity contribution in [1.29, 1.82) is 0 Å². The van der Waals surface area contributed by atoms with E-state index in [2.05, 4.69) is 4.31 Å². The molecule has 0 fully saturated rings. The maximum absolute atomic E-state index is 9.39. The monoisotopic (exact) mass is 180 g/mol. The van der Waals surface area contributed by atoms with E-state index in [9.17, 15) is 9.13 Å². The van der Waals surface area contributed by atoms with Gasteiger partial charge in [-0.15, -0.1) is 22.2 Å². The first-order valence-electron chi connectivity index (χ1n) is 1.13. The third kappa shape index (κ3) is 9.62. The third-order valence-corrected chi connectivity index (χ3v) is 1.26. The van der Waals surface area contributed by atoms with Crippen LogP contribution in [0.25, 0.3) is 0 Å². The molecule has 0 aromatic heterocycles. The minimum absolute atomic E-state index is 0. The van der Waals surface area contributed by atoms with Crippen LogP contribution in [0.1, 0.15) is 0 Å². The van der Waals surface area contributed by atoms with Gasteiger partial charge in [-0.2, -0.15) is 0 Å². The van der Waals surface area contributed by atoms with Gasteiger partial charge in [0.25, 0.3) is 0 Å². The zero-order valence-corrected chi connectivity index (χ0v) is 6.03. The molecule has 0 aliphatic rings. The Kier molecular flexibility index (Phi) is 7.71. The Labute approximate surface area is 53.0 Å². The Bertz CT molecular complexity index is 86.6. The highest BCUT2D eigenvalue weighted by atomic mass is 35.5. The lowest BCUT2D eigenvalue weighted by Crippen LogP contribution is -1.58. The molecule has 8 heavy (non-hydrogen) atoms. The highest BCUT2D eigenvalue weighted by Crippen LogP contribution is 2.30. The summed E-state index contributed by atoms with van der Waals surface area (Å²) >= 11 is 0. The zero-order valence-electron chi connectivity index (χ0n) is 3.42. The van der Waals surface area contributed by atoms with Gasteiger partial charge in [0.2, 0.25) is 0 Å². The Morgan fingerprint density at radius 3 is 1.38 bits per heavy atom. The van der Waals surface area contributed by atoms with Crippen LogP contribution in [0.5, 0.6) is 0 Å². The summed E-state index contributed by atoms with van der Waals surface area (Å²) in [5.74, 6) is 0. The van der Waals surface area contributed by atoms with E-state index in [1.165, 1.54) is 0 Å². The molecule has 48 valence electrons.